The molecule has 0 radical (unpaired) electrons. The van der Waals surface area contributed by atoms with Crippen molar-refractivity contribution in [3.8, 4) is 5.75 Å². The Morgan fingerprint density at radius 2 is 2.26 bits per heavy atom. The van der Waals surface area contributed by atoms with E-state index in [2.05, 4.69) is 17.6 Å². The van der Waals surface area contributed by atoms with Crippen LogP contribution in [0.15, 0.2) is 18.2 Å². The minimum absolute atomic E-state index is 0.00668. The van der Waals surface area contributed by atoms with E-state index in [1.54, 1.807) is 25.3 Å². The Morgan fingerprint density at radius 1 is 1.47 bits per heavy atom. The lowest BCUT2D eigenvalue weighted by atomic mass is 9.99. The SMILES string of the molecule is COc1ccc(NC(=O)C2CCCC(C)N2)cc1Cl. The summed E-state index contributed by atoms with van der Waals surface area (Å²) in [7, 11) is 1.56. The summed E-state index contributed by atoms with van der Waals surface area (Å²) in [5.41, 5.74) is 0.691. The lowest BCUT2D eigenvalue weighted by Crippen LogP contribution is -2.47. The molecule has 0 aliphatic carbocycles. The number of hydrogen-bond donors (Lipinski definition) is 2. The lowest BCUT2D eigenvalue weighted by molar-refractivity contribution is -0.118. The molecule has 1 aliphatic rings. The molecule has 2 N–H and O–H groups in total. The van der Waals surface area contributed by atoms with Crippen molar-refractivity contribution in [3.05, 3.63) is 23.2 Å². The molecule has 1 amide bonds. The van der Waals surface area contributed by atoms with E-state index in [9.17, 15) is 4.79 Å². The second kappa shape index (κ2) is 6.26. The average molecular weight is 283 g/mol. The first-order chi connectivity index (χ1) is 9.10. The van der Waals surface area contributed by atoms with Crippen molar-refractivity contribution in [2.45, 2.75) is 38.3 Å². The number of piperidine rings is 1. The third-order valence-electron chi connectivity index (χ3n) is 3.35. The number of methoxy groups -OCH3 is 1. The molecule has 4 nitrogen and oxygen atoms in total. The van der Waals surface area contributed by atoms with Gasteiger partial charge < -0.3 is 15.4 Å². The van der Waals surface area contributed by atoms with Crippen LogP contribution in [-0.4, -0.2) is 25.1 Å². The summed E-state index contributed by atoms with van der Waals surface area (Å²) >= 11 is 6.03. The fourth-order valence-corrected chi connectivity index (χ4v) is 2.58. The zero-order valence-electron chi connectivity index (χ0n) is 11.2. The molecule has 1 saturated heterocycles. The molecule has 2 unspecified atom stereocenters. The number of halogens is 1. The van der Waals surface area contributed by atoms with Gasteiger partial charge in [-0.3, -0.25) is 4.79 Å². The van der Waals surface area contributed by atoms with E-state index in [1.165, 1.54) is 0 Å². The van der Waals surface area contributed by atoms with E-state index in [4.69, 9.17) is 16.3 Å². The Bertz CT molecular complexity index is 465. The standard InChI is InChI=1S/C14H19ClN2O2/c1-9-4-3-5-12(16-9)14(18)17-10-6-7-13(19-2)11(15)8-10/h6-9,12,16H,3-5H2,1-2H3,(H,17,18). The van der Waals surface area contributed by atoms with Gasteiger partial charge in [0.15, 0.2) is 0 Å². The number of carbonyl (C=O) groups is 1. The molecular formula is C14H19ClN2O2. The highest BCUT2D eigenvalue weighted by Crippen LogP contribution is 2.27. The number of ether oxygens (including phenoxy) is 1. The first-order valence-electron chi connectivity index (χ1n) is 6.50. The summed E-state index contributed by atoms with van der Waals surface area (Å²) < 4.78 is 5.08. The summed E-state index contributed by atoms with van der Waals surface area (Å²) in [4.78, 5) is 12.1. The lowest BCUT2D eigenvalue weighted by Gasteiger charge is -2.27. The topological polar surface area (TPSA) is 50.4 Å². The van der Waals surface area contributed by atoms with Crippen molar-refractivity contribution in [3.63, 3.8) is 0 Å². The minimum Gasteiger partial charge on any atom is -0.495 e. The summed E-state index contributed by atoms with van der Waals surface area (Å²) in [5, 5.41) is 6.68. The third kappa shape index (κ3) is 3.61. The van der Waals surface area contributed by atoms with E-state index in [0.29, 0.717) is 22.5 Å². The number of benzene rings is 1. The first kappa shape index (κ1) is 14.2. The molecule has 1 aromatic rings. The van der Waals surface area contributed by atoms with Gasteiger partial charge in [0.2, 0.25) is 5.91 Å². The van der Waals surface area contributed by atoms with Gasteiger partial charge in [-0.25, -0.2) is 0 Å². The molecule has 5 heteroatoms. The minimum atomic E-state index is -0.121. The summed E-state index contributed by atoms with van der Waals surface area (Å²) in [6.07, 6.45) is 3.08. The van der Waals surface area contributed by atoms with Gasteiger partial charge in [-0.2, -0.15) is 0 Å². The largest absolute Gasteiger partial charge is 0.495 e. The van der Waals surface area contributed by atoms with Crippen molar-refractivity contribution in [2.75, 3.05) is 12.4 Å². The van der Waals surface area contributed by atoms with Gasteiger partial charge in [0.1, 0.15) is 5.75 Å². The zero-order valence-corrected chi connectivity index (χ0v) is 12.0. The average Bonchev–Trinajstić information content (AvgIpc) is 2.39. The van der Waals surface area contributed by atoms with E-state index >= 15 is 0 Å². The van der Waals surface area contributed by atoms with Gasteiger partial charge in [-0.15, -0.1) is 0 Å². The number of rotatable bonds is 3. The molecule has 1 aliphatic heterocycles. The predicted molar refractivity (Wildman–Crippen MR) is 76.9 cm³/mol. The second-order valence-corrected chi connectivity index (χ2v) is 5.30. The molecule has 0 spiro atoms. The van der Waals surface area contributed by atoms with E-state index in [1.807, 2.05) is 0 Å². The maximum Gasteiger partial charge on any atom is 0.241 e. The number of amides is 1. The Kier molecular flexibility index (Phi) is 4.66. The van der Waals surface area contributed by atoms with Crippen LogP contribution in [0.5, 0.6) is 5.75 Å². The van der Waals surface area contributed by atoms with Crippen molar-refractivity contribution >= 4 is 23.2 Å². The smallest absolute Gasteiger partial charge is 0.241 e. The van der Waals surface area contributed by atoms with Gasteiger partial charge in [0.25, 0.3) is 0 Å². The van der Waals surface area contributed by atoms with Gasteiger partial charge >= 0.3 is 0 Å². The van der Waals surface area contributed by atoms with Crippen LogP contribution in [0.1, 0.15) is 26.2 Å². The maximum atomic E-state index is 12.1. The Balaban J connectivity index is 2.00. The molecule has 1 heterocycles. The van der Waals surface area contributed by atoms with Gasteiger partial charge in [-0.05, 0) is 44.4 Å². The number of nitrogens with one attached hydrogen (secondary N) is 2. The second-order valence-electron chi connectivity index (χ2n) is 4.89. The van der Waals surface area contributed by atoms with Gasteiger partial charge in [0.05, 0.1) is 18.2 Å². The maximum absolute atomic E-state index is 12.1. The molecule has 0 aromatic heterocycles. The fourth-order valence-electron chi connectivity index (χ4n) is 2.32. The Hall–Kier alpha value is -1.26. The summed E-state index contributed by atoms with van der Waals surface area (Å²) in [6.45, 7) is 2.10. The molecule has 0 saturated carbocycles. The summed E-state index contributed by atoms with van der Waals surface area (Å²) in [5.74, 6) is 0.594. The highest BCUT2D eigenvalue weighted by Gasteiger charge is 2.24. The van der Waals surface area contributed by atoms with Crippen molar-refractivity contribution in [1.29, 1.82) is 0 Å². The van der Waals surface area contributed by atoms with Crippen LogP contribution in [0, 0.1) is 0 Å². The van der Waals surface area contributed by atoms with Crippen molar-refractivity contribution < 1.29 is 9.53 Å². The highest BCUT2D eigenvalue weighted by molar-refractivity contribution is 6.32. The molecule has 19 heavy (non-hydrogen) atoms. The van der Waals surface area contributed by atoms with E-state index in [0.717, 1.165) is 19.3 Å². The molecule has 1 aromatic carbocycles. The fraction of sp³-hybridized carbons (Fsp3) is 0.500. The van der Waals surface area contributed by atoms with Crippen LogP contribution in [-0.2, 0) is 4.79 Å². The monoisotopic (exact) mass is 282 g/mol. The highest BCUT2D eigenvalue weighted by atomic mass is 35.5. The van der Waals surface area contributed by atoms with Crippen LogP contribution < -0.4 is 15.4 Å². The van der Waals surface area contributed by atoms with Crippen LogP contribution in [0.4, 0.5) is 5.69 Å². The van der Waals surface area contributed by atoms with Gasteiger partial charge in [0, 0.05) is 11.7 Å². The number of hydrogen-bond acceptors (Lipinski definition) is 3. The van der Waals surface area contributed by atoms with Crippen molar-refractivity contribution in [2.24, 2.45) is 0 Å². The normalized spacial score (nSPS) is 22.9. The molecule has 104 valence electrons. The predicted octanol–water partition coefficient (Wildman–Crippen LogP) is 2.82. The van der Waals surface area contributed by atoms with E-state index in [-0.39, 0.29) is 11.9 Å². The van der Waals surface area contributed by atoms with E-state index < -0.39 is 0 Å². The van der Waals surface area contributed by atoms with Crippen LogP contribution in [0.2, 0.25) is 5.02 Å². The number of carbonyl (C=O) groups excluding carboxylic acids is 1. The first-order valence-corrected chi connectivity index (χ1v) is 6.88. The Morgan fingerprint density at radius 3 is 2.89 bits per heavy atom. The van der Waals surface area contributed by atoms with Gasteiger partial charge in [-0.1, -0.05) is 11.6 Å². The zero-order chi connectivity index (χ0) is 13.8. The molecule has 0 bridgehead atoms. The third-order valence-corrected chi connectivity index (χ3v) is 3.65. The van der Waals surface area contributed by atoms with Crippen molar-refractivity contribution in [1.82, 2.24) is 5.32 Å². The summed E-state index contributed by atoms with van der Waals surface area (Å²) in [6, 6.07) is 5.50. The quantitative estimate of drug-likeness (QED) is 0.896. The van der Waals surface area contributed by atoms with Crippen LogP contribution in [0.25, 0.3) is 0 Å². The Labute approximate surface area is 118 Å². The van der Waals surface area contributed by atoms with Crippen LogP contribution in [0.3, 0.4) is 0 Å². The molecule has 1 fully saturated rings. The van der Waals surface area contributed by atoms with Crippen LogP contribution >= 0.6 is 11.6 Å². The molecule has 2 atom stereocenters. The number of anilines is 1. The molecule has 2 rings (SSSR count). The molecular weight excluding hydrogens is 264 g/mol.